The zero-order chi connectivity index (χ0) is 23.9. The number of allylic oxidation sites excluding steroid dienone is 1. The molecule has 0 fully saturated rings. The second-order valence-corrected chi connectivity index (χ2v) is 8.82. The van der Waals surface area contributed by atoms with E-state index in [9.17, 15) is 14.7 Å². The van der Waals surface area contributed by atoms with Gasteiger partial charge < -0.3 is 14.6 Å². The van der Waals surface area contributed by atoms with Gasteiger partial charge in [-0.1, -0.05) is 48.6 Å². The number of hydrogen-bond acceptors (Lipinski definition) is 5. The molecule has 0 saturated carbocycles. The number of cyclic esters (lactones) is 1. The van der Waals surface area contributed by atoms with Crippen molar-refractivity contribution in [2.75, 3.05) is 0 Å². The van der Waals surface area contributed by atoms with Gasteiger partial charge in [0.2, 0.25) is 0 Å². The lowest BCUT2D eigenvalue weighted by Gasteiger charge is -2.16. The van der Waals surface area contributed by atoms with Crippen LogP contribution in [-0.2, 0) is 16.1 Å². The summed E-state index contributed by atoms with van der Waals surface area (Å²) in [7, 11) is 0. The number of Topliss-reactive ketones (excluding diaryl/α,β-unsaturated/α-hetero) is 1. The maximum absolute atomic E-state index is 12.9. The van der Waals surface area contributed by atoms with Gasteiger partial charge in [-0.15, -0.1) is 0 Å². The number of ether oxygens (including phenoxy) is 2. The Hall–Kier alpha value is -3.60. The average Bonchev–Trinajstić information content (AvgIpc) is 2.81. The maximum Gasteiger partial charge on any atom is 0.342 e. The van der Waals surface area contributed by atoms with Gasteiger partial charge in [-0.2, -0.15) is 0 Å². The number of esters is 1. The number of phenols is 1. The Kier molecular flexibility index (Phi) is 7.63. The fourth-order valence-electron chi connectivity index (χ4n) is 4.19. The van der Waals surface area contributed by atoms with Crippen molar-refractivity contribution < 1.29 is 24.2 Å². The molecule has 1 aliphatic heterocycles. The molecule has 0 aromatic heterocycles. The Bertz CT molecular complexity index is 1210. The van der Waals surface area contributed by atoms with E-state index in [4.69, 9.17) is 9.47 Å². The van der Waals surface area contributed by atoms with Crippen LogP contribution >= 0.6 is 0 Å². The van der Waals surface area contributed by atoms with Crippen LogP contribution in [0.1, 0.15) is 66.9 Å². The van der Waals surface area contributed by atoms with Crippen molar-refractivity contribution in [3.63, 3.8) is 0 Å². The van der Waals surface area contributed by atoms with E-state index in [1.165, 1.54) is 6.07 Å². The summed E-state index contributed by atoms with van der Waals surface area (Å²) < 4.78 is 11.5. The Morgan fingerprint density at radius 3 is 2.65 bits per heavy atom. The lowest BCUT2D eigenvalue weighted by molar-refractivity contribution is -0.119. The largest absolute Gasteiger partial charge is 0.507 e. The lowest BCUT2D eigenvalue weighted by atomic mass is 10.0. The molecule has 3 aromatic rings. The molecule has 1 aliphatic rings. The third kappa shape index (κ3) is 6.04. The van der Waals surface area contributed by atoms with Crippen LogP contribution in [0, 0.1) is 0 Å². The average molecular weight is 459 g/mol. The summed E-state index contributed by atoms with van der Waals surface area (Å²) in [6.07, 6.45) is 7.18. The molecule has 0 saturated heterocycles. The molecule has 4 rings (SSSR count). The molecule has 0 bridgehead atoms. The molecule has 5 heteroatoms. The highest BCUT2D eigenvalue weighted by molar-refractivity contribution is 5.97. The topological polar surface area (TPSA) is 72.8 Å². The molecule has 0 radical (unpaired) electrons. The van der Waals surface area contributed by atoms with E-state index in [1.807, 2.05) is 31.2 Å². The summed E-state index contributed by atoms with van der Waals surface area (Å²) in [4.78, 5) is 24.9. The van der Waals surface area contributed by atoms with Crippen LogP contribution in [-0.4, -0.2) is 23.0 Å². The van der Waals surface area contributed by atoms with Gasteiger partial charge in [-0.25, -0.2) is 4.79 Å². The molecular weight excluding hydrogens is 428 g/mol. The molecule has 0 unspecified atom stereocenters. The van der Waals surface area contributed by atoms with E-state index in [0.717, 1.165) is 22.8 Å². The molecule has 0 amide bonds. The highest BCUT2D eigenvalue weighted by atomic mass is 16.5. The van der Waals surface area contributed by atoms with Gasteiger partial charge in [0.1, 0.15) is 29.5 Å². The van der Waals surface area contributed by atoms with Crippen LogP contribution in [0.15, 0.2) is 60.7 Å². The molecule has 1 atom stereocenters. The fourth-order valence-corrected chi connectivity index (χ4v) is 4.19. The molecule has 1 N–H and O–H groups in total. The van der Waals surface area contributed by atoms with Crippen LogP contribution in [0.25, 0.3) is 16.8 Å². The number of rotatable bonds is 3. The molecule has 0 aliphatic carbocycles. The minimum absolute atomic E-state index is 0.134. The number of ketones is 1. The summed E-state index contributed by atoms with van der Waals surface area (Å²) in [6.45, 7) is 2.14. The molecule has 176 valence electrons. The Morgan fingerprint density at radius 2 is 1.79 bits per heavy atom. The summed E-state index contributed by atoms with van der Waals surface area (Å²) in [6, 6.07) is 17.5. The third-order valence-electron chi connectivity index (χ3n) is 6.04. The van der Waals surface area contributed by atoms with E-state index in [0.29, 0.717) is 50.0 Å². The summed E-state index contributed by atoms with van der Waals surface area (Å²) in [5, 5.41) is 13.0. The van der Waals surface area contributed by atoms with Gasteiger partial charge in [0, 0.05) is 18.9 Å². The molecule has 0 spiro atoms. The number of hydrogen-bond donors (Lipinski definition) is 1. The van der Waals surface area contributed by atoms with Gasteiger partial charge in [0.05, 0.1) is 6.10 Å². The predicted octanol–water partition coefficient (Wildman–Crippen LogP) is 6.61. The van der Waals surface area contributed by atoms with Gasteiger partial charge in [0.25, 0.3) is 0 Å². The maximum atomic E-state index is 12.9. The zero-order valence-corrected chi connectivity index (χ0v) is 19.5. The second-order valence-electron chi connectivity index (χ2n) is 8.82. The first-order valence-corrected chi connectivity index (χ1v) is 11.9. The Morgan fingerprint density at radius 1 is 1.00 bits per heavy atom. The molecule has 1 heterocycles. The summed E-state index contributed by atoms with van der Waals surface area (Å²) in [5.41, 5.74) is 1.68. The molecule has 3 aromatic carbocycles. The van der Waals surface area contributed by atoms with Crippen molar-refractivity contribution in [2.24, 2.45) is 0 Å². The highest BCUT2D eigenvalue weighted by Crippen LogP contribution is 2.31. The smallest absolute Gasteiger partial charge is 0.342 e. The van der Waals surface area contributed by atoms with Gasteiger partial charge >= 0.3 is 5.97 Å². The van der Waals surface area contributed by atoms with Gasteiger partial charge in [0.15, 0.2) is 0 Å². The van der Waals surface area contributed by atoms with E-state index >= 15 is 0 Å². The van der Waals surface area contributed by atoms with E-state index in [-0.39, 0.29) is 23.2 Å². The molecule has 5 nitrogen and oxygen atoms in total. The number of benzene rings is 3. The highest BCUT2D eigenvalue weighted by Gasteiger charge is 2.21. The number of phenolic OH excluding ortho intramolecular Hbond substituents is 1. The quantitative estimate of drug-likeness (QED) is 0.447. The summed E-state index contributed by atoms with van der Waals surface area (Å²) in [5.74, 6) is -0.0399. The monoisotopic (exact) mass is 458 g/mol. The van der Waals surface area contributed by atoms with Gasteiger partial charge in [-0.05, 0) is 66.6 Å². The summed E-state index contributed by atoms with van der Waals surface area (Å²) >= 11 is 0. The third-order valence-corrected chi connectivity index (χ3v) is 6.04. The first kappa shape index (κ1) is 23.6. The van der Waals surface area contributed by atoms with Crippen molar-refractivity contribution >= 4 is 28.6 Å². The van der Waals surface area contributed by atoms with E-state index in [1.54, 1.807) is 12.1 Å². The normalized spacial score (nSPS) is 18.6. The van der Waals surface area contributed by atoms with Crippen LogP contribution in [0.2, 0.25) is 0 Å². The van der Waals surface area contributed by atoms with E-state index < -0.39 is 5.97 Å². The number of carbonyl (C=O) groups excluding carboxylic acids is 2. The lowest BCUT2D eigenvalue weighted by Crippen LogP contribution is -2.17. The van der Waals surface area contributed by atoms with Crippen LogP contribution < -0.4 is 4.74 Å². The zero-order valence-electron chi connectivity index (χ0n) is 19.5. The van der Waals surface area contributed by atoms with Crippen molar-refractivity contribution in [1.82, 2.24) is 0 Å². The SMILES string of the molecule is C[C@@H]1CCCC(=O)CCC/C=C/c2cc(OCc3ccc4ccccc4c3)cc(O)c2C(=O)O1. The Labute approximate surface area is 200 Å². The number of fused-ring (bicyclic) bond motifs is 2. The predicted molar refractivity (Wildman–Crippen MR) is 133 cm³/mol. The van der Waals surface area contributed by atoms with Gasteiger partial charge in [-0.3, -0.25) is 4.79 Å². The molecule has 34 heavy (non-hydrogen) atoms. The first-order valence-electron chi connectivity index (χ1n) is 11.9. The van der Waals surface area contributed by atoms with Crippen molar-refractivity contribution in [3.05, 3.63) is 77.4 Å². The van der Waals surface area contributed by atoms with E-state index in [2.05, 4.69) is 24.3 Å². The Balaban J connectivity index is 1.57. The molecular formula is C29H30O5. The van der Waals surface area contributed by atoms with Crippen molar-refractivity contribution in [1.29, 1.82) is 0 Å². The van der Waals surface area contributed by atoms with Crippen LogP contribution in [0.3, 0.4) is 0 Å². The second kappa shape index (κ2) is 11.0. The first-order chi connectivity index (χ1) is 16.5. The van der Waals surface area contributed by atoms with Crippen LogP contribution in [0.5, 0.6) is 11.5 Å². The van der Waals surface area contributed by atoms with Crippen molar-refractivity contribution in [3.8, 4) is 11.5 Å². The standard InChI is InChI=1S/C29H30O5/c1-20-8-7-13-25(30)12-4-2-3-11-24-17-26(18-27(31)28(24)29(32)34-20)33-19-21-14-15-22-9-5-6-10-23(22)16-21/h3,5-6,9-11,14-18,20,31H,2,4,7-8,12-13,19H2,1H3/b11-3+/t20-/m1/s1. The van der Waals surface area contributed by atoms with Crippen molar-refractivity contribution in [2.45, 2.75) is 58.2 Å². The van der Waals surface area contributed by atoms with Crippen LogP contribution in [0.4, 0.5) is 0 Å². The fraction of sp³-hybridized carbons (Fsp3) is 0.310. The number of carbonyl (C=O) groups is 2. The number of aromatic hydroxyl groups is 1. The minimum atomic E-state index is -0.575. The minimum Gasteiger partial charge on any atom is -0.507 e.